The van der Waals surface area contributed by atoms with E-state index in [0.29, 0.717) is 0 Å². The Hall–Kier alpha value is -0.310. The van der Waals surface area contributed by atoms with Crippen LogP contribution in [-0.2, 0) is 13.6 Å². The number of hydrogen-bond donors (Lipinski definition) is 0. The van der Waals surface area contributed by atoms with Crippen molar-refractivity contribution < 1.29 is 21.5 Å². The third kappa shape index (κ3) is 3.90. The van der Waals surface area contributed by atoms with E-state index in [0.717, 1.165) is 6.54 Å². The van der Waals surface area contributed by atoms with Gasteiger partial charge in [-0.1, -0.05) is 13.3 Å². The molecule has 70 valence electrons. The minimum atomic E-state index is 0. The van der Waals surface area contributed by atoms with Crippen LogP contribution in [0.3, 0.4) is 0 Å². The van der Waals surface area contributed by atoms with Gasteiger partial charge in [-0.2, -0.15) is 0 Å². The fraction of sp³-hybridized carbons (Fsp3) is 0.667. The average molecular weight is 233 g/mol. The fourth-order valence-corrected chi connectivity index (χ4v) is 1.18. The van der Waals surface area contributed by atoms with E-state index < -0.39 is 0 Å². The smallest absolute Gasteiger partial charge is 0.243 e. The van der Waals surface area contributed by atoms with E-state index in [9.17, 15) is 0 Å². The highest BCUT2D eigenvalue weighted by Gasteiger charge is 1.97. The van der Waals surface area contributed by atoms with E-state index in [4.69, 9.17) is 0 Å². The minimum Gasteiger partial charge on any atom is -1.00 e. The number of hydrogen-bond acceptors (Lipinski definition) is 0. The van der Waals surface area contributed by atoms with E-state index in [-0.39, 0.29) is 17.0 Å². The van der Waals surface area contributed by atoms with Gasteiger partial charge < -0.3 is 17.0 Å². The molecule has 0 aliphatic carbocycles. The molecule has 0 unspecified atom stereocenters. The molecule has 0 aliphatic heterocycles. The quantitative estimate of drug-likeness (QED) is 0.442. The maximum atomic E-state index is 2.23. The molecule has 0 saturated heterocycles. The molecule has 0 N–H and O–H groups in total. The molecule has 0 spiro atoms. The van der Waals surface area contributed by atoms with Crippen LogP contribution in [-0.4, -0.2) is 4.57 Å². The van der Waals surface area contributed by atoms with Gasteiger partial charge in [0.25, 0.3) is 0 Å². The maximum absolute atomic E-state index is 2.23. The second-order valence-electron chi connectivity index (χ2n) is 3.02. The summed E-state index contributed by atoms with van der Waals surface area (Å²) in [4.78, 5) is 0. The Labute approximate surface area is 85.0 Å². The summed E-state index contributed by atoms with van der Waals surface area (Å²) in [7, 11) is 2.05. The Morgan fingerprint density at radius 3 is 2.58 bits per heavy atom. The molecule has 1 rings (SSSR count). The number of unbranched alkanes of at least 4 members (excludes halogenated alkanes) is 2. The summed E-state index contributed by atoms with van der Waals surface area (Å²) in [6.07, 6.45) is 10.2. The zero-order valence-corrected chi connectivity index (χ0v) is 9.42. The summed E-state index contributed by atoms with van der Waals surface area (Å²) < 4.78 is 4.31. The number of imidazole rings is 1. The lowest BCUT2D eigenvalue weighted by Gasteiger charge is -1.93. The molecule has 1 heterocycles. The Morgan fingerprint density at radius 2 is 2.08 bits per heavy atom. The van der Waals surface area contributed by atoms with Gasteiger partial charge in [-0.25, -0.2) is 9.13 Å². The van der Waals surface area contributed by atoms with Crippen LogP contribution < -0.4 is 21.5 Å². The van der Waals surface area contributed by atoms with Crippen LogP contribution in [0.2, 0.25) is 0 Å². The zero-order chi connectivity index (χ0) is 8.10. The lowest BCUT2D eigenvalue weighted by Crippen LogP contribution is -3.00. The Bertz CT molecular complexity index is 208. The van der Waals surface area contributed by atoms with Crippen molar-refractivity contribution >= 4 is 0 Å². The molecule has 0 aliphatic rings. The molecule has 0 radical (unpaired) electrons. The average Bonchev–Trinajstić information content (AvgIpc) is 2.37. The maximum Gasteiger partial charge on any atom is 0.243 e. The second kappa shape index (κ2) is 6.23. The molecule has 0 bridgehead atoms. The van der Waals surface area contributed by atoms with Gasteiger partial charge in [-0.05, 0) is 12.8 Å². The van der Waals surface area contributed by atoms with E-state index >= 15 is 0 Å². The van der Waals surface area contributed by atoms with E-state index in [1.165, 1.54) is 19.3 Å². The molecular weight excluding hydrogens is 216 g/mol. The summed E-state index contributed by atoms with van der Waals surface area (Å²) >= 11 is 0. The van der Waals surface area contributed by atoms with Crippen molar-refractivity contribution in [3.63, 3.8) is 0 Å². The topological polar surface area (TPSA) is 8.81 Å². The van der Waals surface area contributed by atoms with Crippen LogP contribution in [0.25, 0.3) is 0 Å². The third-order valence-electron chi connectivity index (χ3n) is 1.84. The number of aryl methyl sites for hydroxylation is 2. The second-order valence-corrected chi connectivity index (χ2v) is 3.02. The SMILES string of the molecule is CCCCC[n+]1ccn(C)c1.[Br-]. The molecule has 2 nitrogen and oxygen atoms in total. The molecular formula is C9H17BrN2. The third-order valence-corrected chi connectivity index (χ3v) is 1.84. The van der Waals surface area contributed by atoms with Crippen molar-refractivity contribution in [1.82, 2.24) is 4.57 Å². The van der Waals surface area contributed by atoms with Crippen molar-refractivity contribution in [2.75, 3.05) is 0 Å². The molecule has 0 aromatic carbocycles. The van der Waals surface area contributed by atoms with Gasteiger partial charge in [0.05, 0.1) is 13.6 Å². The molecule has 0 atom stereocenters. The minimum absolute atomic E-state index is 0. The van der Waals surface area contributed by atoms with E-state index in [1.54, 1.807) is 0 Å². The highest BCUT2D eigenvalue weighted by atomic mass is 79.9. The largest absolute Gasteiger partial charge is 1.00 e. The Kier molecular flexibility index (Phi) is 6.07. The first-order valence-corrected chi connectivity index (χ1v) is 4.34. The molecule has 0 amide bonds. The number of rotatable bonds is 4. The Balaban J connectivity index is 0.00000121. The van der Waals surface area contributed by atoms with Gasteiger partial charge in [-0.3, -0.25) is 0 Å². The van der Waals surface area contributed by atoms with E-state index in [1.807, 2.05) is 0 Å². The first kappa shape index (κ1) is 11.7. The van der Waals surface area contributed by atoms with Gasteiger partial charge in [-0.15, -0.1) is 0 Å². The molecule has 12 heavy (non-hydrogen) atoms. The van der Waals surface area contributed by atoms with Crippen molar-refractivity contribution in [3.8, 4) is 0 Å². The zero-order valence-electron chi connectivity index (χ0n) is 7.83. The summed E-state index contributed by atoms with van der Waals surface area (Å²) in [5, 5.41) is 0. The van der Waals surface area contributed by atoms with Crippen LogP contribution in [0.4, 0.5) is 0 Å². The summed E-state index contributed by atoms with van der Waals surface area (Å²) in [6.45, 7) is 3.39. The summed E-state index contributed by atoms with van der Waals surface area (Å²) in [6, 6.07) is 0. The van der Waals surface area contributed by atoms with Crippen molar-refractivity contribution in [3.05, 3.63) is 18.7 Å². The van der Waals surface area contributed by atoms with Gasteiger partial charge in [0.1, 0.15) is 12.4 Å². The predicted molar refractivity (Wildman–Crippen MR) is 45.1 cm³/mol. The Morgan fingerprint density at radius 1 is 1.33 bits per heavy atom. The fourth-order valence-electron chi connectivity index (χ4n) is 1.18. The predicted octanol–water partition coefficient (Wildman–Crippen LogP) is -1.49. The summed E-state index contributed by atoms with van der Waals surface area (Å²) in [5.41, 5.74) is 0. The van der Waals surface area contributed by atoms with Crippen LogP contribution in [0.1, 0.15) is 26.2 Å². The molecule has 1 aromatic rings. The lowest BCUT2D eigenvalue weighted by molar-refractivity contribution is -0.696. The first-order valence-electron chi connectivity index (χ1n) is 4.34. The monoisotopic (exact) mass is 232 g/mol. The van der Waals surface area contributed by atoms with Crippen LogP contribution >= 0.6 is 0 Å². The molecule has 0 saturated carbocycles. The van der Waals surface area contributed by atoms with Crippen LogP contribution in [0.15, 0.2) is 18.7 Å². The number of halogens is 1. The highest BCUT2D eigenvalue weighted by molar-refractivity contribution is 4.61. The van der Waals surface area contributed by atoms with Crippen LogP contribution in [0, 0.1) is 0 Å². The summed E-state index contributed by atoms with van der Waals surface area (Å²) in [5.74, 6) is 0. The number of aromatic nitrogens is 2. The normalized spacial score (nSPS) is 9.50. The van der Waals surface area contributed by atoms with Crippen molar-refractivity contribution in [1.29, 1.82) is 0 Å². The first-order chi connectivity index (χ1) is 5.33. The van der Waals surface area contributed by atoms with Crippen LogP contribution in [0.5, 0.6) is 0 Å². The van der Waals surface area contributed by atoms with Gasteiger partial charge >= 0.3 is 0 Å². The molecule has 1 aromatic heterocycles. The number of nitrogens with zero attached hydrogens (tertiary/aromatic N) is 2. The van der Waals surface area contributed by atoms with Crippen molar-refractivity contribution in [2.45, 2.75) is 32.7 Å². The van der Waals surface area contributed by atoms with Gasteiger partial charge in [0.2, 0.25) is 6.33 Å². The van der Waals surface area contributed by atoms with Gasteiger partial charge in [0.15, 0.2) is 0 Å². The van der Waals surface area contributed by atoms with E-state index in [2.05, 4.69) is 41.8 Å². The van der Waals surface area contributed by atoms with Crippen molar-refractivity contribution in [2.24, 2.45) is 7.05 Å². The molecule has 3 heteroatoms. The molecule has 0 fully saturated rings. The lowest BCUT2D eigenvalue weighted by atomic mass is 10.2. The van der Waals surface area contributed by atoms with Gasteiger partial charge in [0, 0.05) is 0 Å². The standard InChI is InChI=1S/C9H17N2.BrH/c1-3-4-5-6-11-8-7-10(2)9-11;/h7-9H,3-6H2,1-2H3;1H/q+1;/p-1. The highest BCUT2D eigenvalue weighted by Crippen LogP contribution is 1.92.